The van der Waals surface area contributed by atoms with Gasteiger partial charge in [-0.2, -0.15) is 0 Å². The van der Waals surface area contributed by atoms with Crippen molar-refractivity contribution in [1.29, 1.82) is 0 Å². The van der Waals surface area contributed by atoms with E-state index >= 15 is 4.39 Å². The average molecular weight is 652 g/mol. The summed E-state index contributed by atoms with van der Waals surface area (Å²) in [6, 6.07) is 12.4. The molecule has 48 heavy (non-hydrogen) atoms. The first kappa shape index (κ1) is 32.0. The van der Waals surface area contributed by atoms with E-state index < -0.39 is 5.60 Å². The van der Waals surface area contributed by atoms with Gasteiger partial charge in [-0.3, -0.25) is 4.79 Å². The number of pyridine rings is 1. The quantitative estimate of drug-likeness (QED) is 0.204. The Bertz CT molecular complexity index is 1890. The van der Waals surface area contributed by atoms with Crippen molar-refractivity contribution in [3.8, 4) is 22.9 Å². The smallest absolute Gasteiger partial charge is 0.410 e. The topological polar surface area (TPSA) is 107 Å². The van der Waals surface area contributed by atoms with E-state index in [9.17, 15) is 9.59 Å². The Hall–Kier alpha value is -4.60. The second kappa shape index (κ2) is 12.5. The molecule has 2 aromatic carbocycles. The monoisotopic (exact) mass is 651 g/mol. The number of carbonyl (C=O) groups excluding carboxylic acids is 2. The highest BCUT2D eigenvalue weighted by molar-refractivity contribution is 5.96. The van der Waals surface area contributed by atoms with Crippen molar-refractivity contribution in [3.63, 3.8) is 0 Å². The molecule has 4 aromatic rings. The van der Waals surface area contributed by atoms with Crippen LogP contribution in [0.1, 0.15) is 70.4 Å². The van der Waals surface area contributed by atoms with Crippen LogP contribution in [0.3, 0.4) is 0 Å². The number of ketones is 1. The van der Waals surface area contributed by atoms with Crippen molar-refractivity contribution >= 4 is 28.6 Å². The third-order valence-electron chi connectivity index (χ3n) is 9.99. The zero-order chi connectivity index (χ0) is 33.6. The minimum Gasteiger partial charge on any atom is -0.444 e. The lowest BCUT2D eigenvalue weighted by atomic mass is 9.78. The van der Waals surface area contributed by atoms with E-state index in [1.54, 1.807) is 29.4 Å². The predicted molar refractivity (Wildman–Crippen MR) is 182 cm³/mol. The molecule has 0 bridgehead atoms. The molecule has 0 radical (unpaired) electrons. The highest BCUT2D eigenvalue weighted by Crippen LogP contribution is 2.66. The number of carbonyl (C=O) groups is 2. The summed E-state index contributed by atoms with van der Waals surface area (Å²) in [6.07, 6.45) is 9.15. The van der Waals surface area contributed by atoms with Gasteiger partial charge in [0, 0.05) is 54.8 Å². The van der Waals surface area contributed by atoms with Gasteiger partial charge in [0.1, 0.15) is 23.0 Å². The molecule has 9 nitrogen and oxygen atoms in total. The van der Waals surface area contributed by atoms with Crippen LogP contribution in [0.25, 0.3) is 22.0 Å². The highest BCUT2D eigenvalue weighted by Gasteiger charge is 2.60. The van der Waals surface area contributed by atoms with Crippen molar-refractivity contribution in [2.75, 3.05) is 18.4 Å². The van der Waals surface area contributed by atoms with E-state index in [1.165, 1.54) is 12.5 Å². The van der Waals surface area contributed by atoms with Crippen LogP contribution in [0, 0.1) is 24.1 Å². The van der Waals surface area contributed by atoms with Crippen molar-refractivity contribution < 1.29 is 23.5 Å². The van der Waals surface area contributed by atoms with Gasteiger partial charge in [-0.25, -0.2) is 24.1 Å². The summed E-state index contributed by atoms with van der Waals surface area (Å²) in [7, 11) is 0. The van der Waals surface area contributed by atoms with Gasteiger partial charge in [-0.1, -0.05) is 18.6 Å². The van der Waals surface area contributed by atoms with Gasteiger partial charge >= 0.3 is 6.09 Å². The molecular formula is C38H42FN5O4. The lowest BCUT2D eigenvalue weighted by molar-refractivity contribution is -0.120. The molecule has 3 heterocycles. The molecule has 1 N–H and O–H groups in total. The first-order valence-corrected chi connectivity index (χ1v) is 16.9. The minimum absolute atomic E-state index is 0.0369. The van der Waals surface area contributed by atoms with Crippen molar-refractivity contribution in [2.45, 2.75) is 84.3 Å². The molecule has 2 atom stereocenters. The van der Waals surface area contributed by atoms with Crippen LogP contribution in [0.4, 0.5) is 15.1 Å². The summed E-state index contributed by atoms with van der Waals surface area (Å²) in [4.78, 5) is 41.4. The number of Topliss-reactive ketones (excluding diaryl/α,β-unsaturated/α-hetero) is 1. The molecule has 0 unspecified atom stereocenters. The van der Waals surface area contributed by atoms with Crippen LogP contribution < -0.4 is 10.1 Å². The Morgan fingerprint density at radius 3 is 2.60 bits per heavy atom. The maximum absolute atomic E-state index is 15.3. The van der Waals surface area contributed by atoms with Crippen LogP contribution in [0.2, 0.25) is 0 Å². The Kier molecular flexibility index (Phi) is 8.29. The number of hydrogen-bond acceptors (Lipinski definition) is 8. The lowest BCUT2D eigenvalue weighted by Gasteiger charge is -2.34. The minimum atomic E-state index is -0.560. The predicted octanol–water partition coefficient (Wildman–Crippen LogP) is 8.04. The van der Waals surface area contributed by atoms with Gasteiger partial charge in [0.25, 0.3) is 0 Å². The van der Waals surface area contributed by atoms with Crippen molar-refractivity contribution in [3.05, 3.63) is 71.8 Å². The Morgan fingerprint density at radius 1 is 1.04 bits per heavy atom. The van der Waals surface area contributed by atoms with Gasteiger partial charge in [0.15, 0.2) is 0 Å². The summed E-state index contributed by atoms with van der Waals surface area (Å²) >= 11 is 0. The normalized spacial score (nSPS) is 19.9. The molecule has 1 saturated heterocycles. The highest BCUT2D eigenvalue weighted by atomic mass is 19.1. The Labute approximate surface area is 280 Å². The van der Waals surface area contributed by atoms with Crippen molar-refractivity contribution in [1.82, 2.24) is 19.9 Å². The fourth-order valence-electron chi connectivity index (χ4n) is 7.23. The number of aryl methyl sites for hydroxylation is 1. The largest absolute Gasteiger partial charge is 0.444 e. The first-order valence-electron chi connectivity index (χ1n) is 16.9. The molecule has 2 saturated carbocycles. The zero-order valence-electron chi connectivity index (χ0n) is 28.0. The van der Waals surface area contributed by atoms with E-state index in [-0.39, 0.29) is 41.5 Å². The molecule has 10 heteroatoms. The number of amides is 1. The van der Waals surface area contributed by atoms with Crippen molar-refractivity contribution in [2.24, 2.45) is 11.3 Å². The molecule has 1 amide bonds. The summed E-state index contributed by atoms with van der Waals surface area (Å²) in [5.74, 6) is 1.16. The second-order valence-corrected chi connectivity index (χ2v) is 14.6. The molecule has 1 aliphatic heterocycles. The molecule has 250 valence electrons. The van der Waals surface area contributed by atoms with Gasteiger partial charge in [-0.05, 0) is 106 Å². The number of nitrogens with one attached hydrogen (secondary N) is 1. The fraction of sp³-hybridized carbons (Fsp3) is 0.447. The number of aromatic nitrogens is 3. The third-order valence-corrected chi connectivity index (χ3v) is 9.99. The van der Waals surface area contributed by atoms with E-state index in [2.05, 4.69) is 15.3 Å². The van der Waals surface area contributed by atoms with Gasteiger partial charge in [0.05, 0.1) is 11.3 Å². The number of halogens is 1. The summed E-state index contributed by atoms with van der Waals surface area (Å²) in [5.41, 5.74) is 2.19. The number of rotatable bonds is 8. The van der Waals surface area contributed by atoms with Crippen LogP contribution in [-0.2, 0) is 16.0 Å². The SMILES string of the molecule is Cc1ccc2c(CC(=O)[C@H]3CC34CCC4)c(F)ccc2c1Oc1ncccc1-c1ccnc(N[C@H]2CCCN(C(=O)OC(C)(C)C)C2)n1. The molecule has 3 fully saturated rings. The molecule has 3 aliphatic rings. The zero-order valence-corrected chi connectivity index (χ0v) is 28.0. The van der Waals surface area contributed by atoms with E-state index in [0.29, 0.717) is 52.9 Å². The maximum atomic E-state index is 15.3. The first-order chi connectivity index (χ1) is 23.0. The van der Waals surface area contributed by atoms with Crippen LogP contribution in [0.5, 0.6) is 11.6 Å². The number of hydrogen-bond donors (Lipinski definition) is 1. The molecular weight excluding hydrogens is 609 g/mol. The molecule has 2 aromatic heterocycles. The Balaban J connectivity index is 1.12. The Morgan fingerprint density at radius 2 is 1.85 bits per heavy atom. The van der Waals surface area contributed by atoms with Crippen LogP contribution >= 0.6 is 0 Å². The number of likely N-dealkylation sites (tertiary alicyclic amines) is 1. The third kappa shape index (κ3) is 6.44. The van der Waals surface area contributed by atoms with Gasteiger partial charge < -0.3 is 19.7 Å². The molecule has 1 spiro atoms. The van der Waals surface area contributed by atoms with Crippen LogP contribution in [-0.4, -0.2) is 56.5 Å². The number of fused-ring (bicyclic) bond motifs is 1. The number of piperidine rings is 1. The summed E-state index contributed by atoms with van der Waals surface area (Å²) in [5, 5.41) is 4.79. The molecule has 7 rings (SSSR count). The summed E-state index contributed by atoms with van der Waals surface area (Å²) in [6.45, 7) is 8.65. The van der Waals surface area contributed by atoms with E-state index in [1.807, 2.05) is 52.0 Å². The number of ether oxygens (including phenoxy) is 2. The number of benzene rings is 2. The average Bonchev–Trinajstić information content (AvgIpc) is 3.81. The van der Waals surface area contributed by atoms with Crippen LogP contribution in [0.15, 0.2) is 54.9 Å². The standard InChI is InChI=1S/C38H42FN5O4/c1-23-10-11-25-26(12-13-30(39)28(25)20-32(45)29-21-38(29)15-7-16-38)33(23)47-34-27(9-5-17-40-34)31-14-18-41-35(43-31)42-24-8-6-19-44(22-24)36(46)48-37(2,3)4/h5,9-14,17-18,24,29H,6-8,15-16,19-22H2,1-4H3,(H,41,42,43)/t24-,29+/m0/s1. The summed E-state index contributed by atoms with van der Waals surface area (Å²) < 4.78 is 27.4. The lowest BCUT2D eigenvalue weighted by Crippen LogP contribution is -2.47. The fourth-order valence-corrected chi connectivity index (χ4v) is 7.23. The molecule has 2 aliphatic carbocycles. The number of nitrogens with zero attached hydrogens (tertiary/aromatic N) is 4. The number of anilines is 1. The second-order valence-electron chi connectivity index (χ2n) is 14.6. The van der Waals surface area contributed by atoms with E-state index in [0.717, 1.165) is 43.1 Å². The van der Waals surface area contributed by atoms with E-state index in [4.69, 9.17) is 14.5 Å². The maximum Gasteiger partial charge on any atom is 0.410 e. The van der Waals surface area contributed by atoms with Gasteiger partial charge in [0.2, 0.25) is 11.8 Å². The van der Waals surface area contributed by atoms with Gasteiger partial charge in [-0.15, -0.1) is 0 Å².